The van der Waals surface area contributed by atoms with E-state index in [9.17, 15) is 9.59 Å². The van der Waals surface area contributed by atoms with Crippen LogP contribution in [0.1, 0.15) is 26.7 Å². The highest BCUT2D eigenvalue weighted by atomic mass is 32.2. The molecule has 92 valence electrons. The fraction of sp³-hybridized carbons (Fsp3) is 0.600. The molecule has 0 aliphatic heterocycles. The van der Waals surface area contributed by atoms with E-state index in [4.69, 9.17) is 10.5 Å². The molecule has 0 aromatic rings. The lowest BCUT2D eigenvalue weighted by molar-refractivity contribution is -0.140. The van der Waals surface area contributed by atoms with Crippen molar-refractivity contribution in [3.8, 4) is 0 Å². The fourth-order valence-corrected chi connectivity index (χ4v) is 1.29. The number of rotatable bonds is 6. The van der Waals surface area contributed by atoms with Gasteiger partial charge in [-0.3, -0.25) is 4.79 Å². The number of amides is 1. The van der Waals surface area contributed by atoms with Crippen LogP contribution in [0.5, 0.6) is 0 Å². The summed E-state index contributed by atoms with van der Waals surface area (Å²) in [6.07, 6.45) is 2.78. The molecule has 5 nitrogen and oxygen atoms in total. The molecular formula is C10H18N2O3S. The third-order valence-electron chi connectivity index (χ3n) is 1.69. The summed E-state index contributed by atoms with van der Waals surface area (Å²) in [6.45, 7) is 3.82. The van der Waals surface area contributed by atoms with Gasteiger partial charge in [-0.15, -0.1) is 11.8 Å². The molecule has 0 unspecified atom stereocenters. The van der Waals surface area contributed by atoms with Crippen molar-refractivity contribution < 1.29 is 14.3 Å². The second kappa shape index (κ2) is 8.04. The first-order chi connectivity index (χ1) is 7.56. The van der Waals surface area contributed by atoms with Gasteiger partial charge >= 0.3 is 5.97 Å². The zero-order valence-corrected chi connectivity index (χ0v) is 10.6. The smallest absolute Gasteiger partial charge is 0.357 e. The molecule has 1 amide bonds. The monoisotopic (exact) mass is 246 g/mol. The van der Waals surface area contributed by atoms with E-state index in [0.29, 0.717) is 12.8 Å². The molecule has 16 heavy (non-hydrogen) atoms. The first-order valence-electron chi connectivity index (χ1n) is 5.07. The normalized spacial score (nSPS) is 11.7. The van der Waals surface area contributed by atoms with Gasteiger partial charge in [0.2, 0.25) is 5.91 Å². The van der Waals surface area contributed by atoms with E-state index in [1.54, 1.807) is 13.2 Å². The number of carbonyl (C=O) groups is 2. The number of hydrogen-bond acceptors (Lipinski definition) is 5. The summed E-state index contributed by atoms with van der Waals surface area (Å²) in [7, 11) is 0. The van der Waals surface area contributed by atoms with E-state index in [2.05, 4.69) is 5.32 Å². The summed E-state index contributed by atoms with van der Waals surface area (Å²) in [5.74, 6) is -0.832. The topological polar surface area (TPSA) is 81.4 Å². The molecular weight excluding hydrogens is 228 g/mol. The van der Waals surface area contributed by atoms with E-state index >= 15 is 0 Å². The molecule has 0 aromatic carbocycles. The predicted octanol–water partition coefficient (Wildman–Crippen LogP) is 0.957. The lowest BCUT2D eigenvalue weighted by Gasteiger charge is -2.10. The Labute approximate surface area is 99.8 Å². The Bertz CT molecular complexity index is 290. The molecule has 0 aliphatic rings. The molecule has 0 atom stereocenters. The van der Waals surface area contributed by atoms with Gasteiger partial charge in [-0.1, -0.05) is 6.92 Å². The van der Waals surface area contributed by atoms with E-state index in [1.807, 2.05) is 6.92 Å². The SMILES string of the molecule is CCCC(=O)N/C(C(=O)OCC)=C(\N)SC. The summed E-state index contributed by atoms with van der Waals surface area (Å²) in [6, 6.07) is 0. The fourth-order valence-electron chi connectivity index (χ4n) is 0.948. The van der Waals surface area contributed by atoms with Crippen LogP contribution >= 0.6 is 11.8 Å². The summed E-state index contributed by atoms with van der Waals surface area (Å²) < 4.78 is 4.80. The predicted molar refractivity (Wildman–Crippen MR) is 64.4 cm³/mol. The molecule has 0 bridgehead atoms. The van der Waals surface area contributed by atoms with Crippen LogP contribution in [0, 0.1) is 0 Å². The highest BCUT2D eigenvalue weighted by Crippen LogP contribution is 2.10. The second-order valence-electron chi connectivity index (χ2n) is 2.96. The molecule has 0 saturated carbocycles. The number of nitrogens with two attached hydrogens (primary N) is 1. The molecule has 0 fully saturated rings. The maximum Gasteiger partial charge on any atom is 0.357 e. The van der Waals surface area contributed by atoms with Gasteiger partial charge in [-0.2, -0.15) is 0 Å². The Balaban J connectivity index is 4.70. The maximum atomic E-state index is 11.5. The average Bonchev–Trinajstić information content (AvgIpc) is 2.25. The Morgan fingerprint density at radius 3 is 2.44 bits per heavy atom. The minimum Gasteiger partial charge on any atom is -0.461 e. The van der Waals surface area contributed by atoms with Crippen molar-refractivity contribution in [2.75, 3.05) is 12.9 Å². The third kappa shape index (κ3) is 5.06. The quantitative estimate of drug-likeness (QED) is 0.539. The number of carbonyl (C=O) groups excluding carboxylic acids is 2. The van der Waals surface area contributed by atoms with Crippen molar-refractivity contribution in [3.63, 3.8) is 0 Å². The van der Waals surface area contributed by atoms with Crippen LogP contribution in [-0.2, 0) is 14.3 Å². The van der Waals surface area contributed by atoms with Crippen LogP contribution in [0.3, 0.4) is 0 Å². The first kappa shape index (κ1) is 14.8. The van der Waals surface area contributed by atoms with Crippen molar-refractivity contribution in [2.45, 2.75) is 26.7 Å². The van der Waals surface area contributed by atoms with Crippen LogP contribution in [0.15, 0.2) is 10.7 Å². The van der Waals surface area contributed by atoms with Gasteiger partial charge in [-0.25, -0.2) is 4.79 Å². The van der Waals surface area contributed by atoms with E-state index in [-0.39, 0.29) is 23.2 Å². The van der Waals surface area contributed by atoms with Gasteiger partial charge in [0.05, 0.1) is 11.6 Å². The molecule has 0 radical (unpaired) electrons. The lowest BCUT2D eigenvalue weighted by Crippen LogP contribution is -2.30. The molecule has 0 spiro atoms. The Kier molecular flexibility index (Phi) is 7.45. The summed E-state index contributed by atoms with van der Waals surface area (Å²) in [4.78, 5) is 22.9. The van der Waals surface area contributed by atoms with Gasteiger partial charge < -0.3 is 15.8 Å². The molecule has 0 aliphatic carbocycles. The van der Waals surface area contributed by atoms with Gasteiger partial charge in [-0.05, 0) is 19.6 Å². The molecule has 6 heteroatoms. The van der Waals surface area contributed by atoms with Gasteiger partial charge in [0, 0.05) is 6.42 Å². The number of nitrogens with one attached hydrogen (secondary N) is 1. The minimum atomic E-state index is -0.598. The number of thioether (sulfide) groups is 1. The van der Waals surface area contributed by atoms with Crippen LogP contribution in [0.2, 0.25) is 0 Å². The average molecular weight is 246 g/mol. The number of ether oxygens (including phenoxy) is 1. The Morgan fingerprint density at radius 1 is 1.38 bits per heavy atom. The van der Waals surface area contributed by atoms with Crippen molar-refractivity contribution >= 4 is 23.6 Å². The minimum absolute atomic E-state index is 0.0350. The zero-order chi connectivity index (χ0) is 12.6. The highest BCUT2D eigenvalue weighted by Gasteiger charge is 2.17. The summed E-state index contributed by atoms with van der Waals surface area (Å²) >= 11 is 1.19. The first-order valence-corrected chi connectivity index (χ1v) is 6.29. The number of esters is 1. The molecule has 0 rings (SSSR count). The molecule has 0 heterocycles. The van der Waals surface area contributed by atoms with Crippen LogP contribution in [0.25, 0.3) is 0 Å². The lowest BCUT2D eigenvalue weighted by atomic mass is 10.3. The number of hydrogen-bond donors (Lipinski definition) is 2. The summed E-state index contributed by atoms with van der Waals surface area (Å²) in [5.41, 5.74) is 5.65. The van der Waals surface area contributed by atoms with Crippen LogP contribution in [-0.4, -0.2) is 24.7 Å². The van der Waals surface area contributed by atoms with Crippen molar-refractivity contribution in [1.82, 2.24) is 5.32 Å². The Morgan fingerprint density at radius 2 is 2.00 bits per heavy atom. The van der Waals surface area contributed by atoms with E-state index < -0.39 is 5.97 Å². The van der Waals surface area contributed by atoms with Gasteiger partial charge in [0.15, 0.2) is 5.70 Å². The molecule has 0 saturated heterocycles. The van der Waals surface area contributed by atoms with Crippen molar-refractivity contribution in [1.29, 1.82) is 0 Å². The van der Waals surface area contributed by atoms with E-state index in [0.717, 1.165) is 0 Å². The standard InChI is InChI=1S/C10H18N2O3S/c1-4-6-7(13)12-8(9(11)16-3)10(14)15-5-2/h4-6,11H2,1-3H3,(H,12,13)/b9-8+. The third-order valence-corrected chi connectivity index (χ3v) is 2.33. The Hall–Kier alpha value is -1.17. The largest absolute Gasteiger partial charge is 0.461 e. The highest BCUT2D eigenvalue weighted by molar-refractivity contribution is 8.02. The van der Waals surface area contributed by atoms with Crippen molar-refractivity contribution in [2.24, 2.45) is 5.73 Å². The maximum absolute atomic E-state index is 11.5. The van der Waals surface area contributed by atoms with Crippen LogP contribution in [0.4, 0.5) is 0 Å². The summed E-state index contributed by atoms with van der Waals surface area (Å²) in [5, 5.41) is 2.73. The van der Waals surface area contributed by atoms with Gasteiger partial charge in [0.1, 0.15) is 0 Å². The molecule has 3 N–H and O–H groups in total. The van der Waals surface area contributed by atoms with E-state index in [1.165, 1.54) is 11.8 Å². The zero-order valence-electron chi connectivity index (χ0n) is 9.83. The van der Waals surface area contributed by atoms with Crippen molar-refractivity contribution in [3.05, 3.63) is 10.7 Å². The second-order valence-corrected chi connectivity index (χ2v) is 3.81. The molecule has 0 aromatic heterocycles. The van der Waals surface area contributed by atoms with Crippen LogP contribution < -0.4 is 11.1 Å². The van der Waals surface area contributed by atoms with Gasteiger partial charge in [0.25, 0.3) is 0 Å².